The SMILES string of the molecule is CCC(c1cccc(Cl)c1)N1CCOCC1C(=O)O. The standard InChI is InChI=1S/C14H18ClNO3/c1-2-12(10-4-3-5-11(15)8-10)16-6-7-19-9-13(16)14(17)18/h3-5,8,12-13H,2,6-7,9H2,1H3,(H,17,18). The second kappa shape index (κ2) is 6.37. The highest BCUT2D eigenvalue weighted by atomic mass is 35.5. The summed E-state index contributed by atoms with van der Waals surface area (Å²) >= 11 is 6.02. The van der Waals surface area contributed by atoms with Gasteiger partial charge in [-0.1, -0.05) is 30.7 Å². The largest absolute Gasteiger partial charge is 0.480 e. The molecule has 0 aromatic heterocycles. The van der Waals surface area contributed by atoms with Crippen LogP contribution in [0.15, 0.2) is 24.3 Å². The number of ether oxygens (including phenoxy) is 1. The van der Waals surface area contributed by atoms with Crippen LogP contribution in [0.3, 0.4) is 0 Å². The van der Waals surface area contributed by atoms with Crippen LogP contribution in [0, 0.1) is 0 Å². The Bertz CT molecular complexity index is 452. The third kappa shape index (κ3) is 3.26. The molecule has 2 atom stereocenters. The highest BCUT2D eigenvalue weighted by Crippen LogP contribution is 2.29. The molecule has 1 aromatic carbocycles. The van der Waals surface area contributed by atoms with Gasteiger partial charge in [-0.25, -0.2) is 0 Å². The van der Waals surface area contributed by atoms with Crippen LogP contribution in [0.25, 0.3) is 0 Å². The molecule has 1 heterocycles. The lowest BCUT2D eigenvalue weighted by atomic mass is 10.00. The van der Waals surface area contributed by atoms with Crippen LogP contribution in [-0.2, 0) is 9.53 Å². The summed E-state index contributed by atoms with van der Waals surface area (Å²) in [6.45, 7) is 3.50. The predicted molar refractivity (Wildman–Crippen MR) is 73.4 cm³/mol. The summed E-state index contributed by atoms with van der Waals surface area (Å²) in [5.41, 5.74) is 1.06. The van der Waals surface area contributed by atoms with Crippen molar-refractivity contribution in [2.75, 3.05) is 19.8 Å². The minimum absolute atomic E-state index is 0.0590. The summed E-state index contributed by atoms with van der Waals surface area (Å²) < 4.78 is 5.28. The topological polar surface area (TPSA) is 49.8 Å². The highest BCUT2D eigenvalue weighted by Gasteiger charge is 2.34. The first-order chi connectivity index (χ1) is 9.13. The number of halogens is 1. The maximum atomic E-state index is 11.3. The summed E-state index contributed by atoms with van der Waals surface area (Å²) in [6.07, 6.45) is 0.837. The van der Waals surface area contributed by atoms with E-state index in [9.17, 15) is 9.90 Å². The number of hydrogen-bond donors (Lipinski definition) is 1. The van der Waals surface area contributed by atoms with E-state index in [1.165, 1.54) is 0 Å². The van der Waals surface area contributed by atoms with Gasteiger partial charge < -0.3 is 9.84 Å². The molecule has 1 aliphatic heterocycles. The summed E-state index contributed by atoms with van der Waals surface area (Å²) in [5, 5.41) is 9.98. The molecule has 1 aromatic rings. The molecule has 5 heteroatoms. The van der Waals surface area contributed by atoms with Crippen molar-refractivity contribution in [2.45, 2.75) is 25.4 Å². The quantitative estimate of drug-likeness (QED) is 0.923. The Morgan fingerprint density at radius 1 is 1.63 bits per heavy atom. The molecule has 19 heavy (non-hydrogen) atoms. The molecule has 0 amide bonds. The van der Waals surface area contributed by atoms with Crippen molar-refractivity contribution >= 4 is 17.6 Å². The van der Waals surface area contributed by atoms with Gasteiger partial charge in [-0.3, -0.25) is 9.69 Å². The number of carboxylic acid groups (broad SMARTS) is 1. The fourth-order valence-electron chi connectivity index (χ4n) is 2.58. The molecule has 0 spiro atoms. The molecule has 1 aliphatic rings. The van der Waals surface area contributed by atoms with Crippen LogP contribution in [0.1, 0.15) is 24.9 Å². The van der Waals surface area contributed by atoms with Gasteiger partial charge in [-0.15, -0.1) is 0 Å². The molecule has 0 saturated carbocycles. The molecular formula is C14H18ClNO3. The first-order valence-corrected chi connectivity index (χ1v) is 6.83. The monoisotopic (exact) mass is 283 g/mol. The van der Waals surface area contributed by atoms with Crippen molar-refractivity contribution in [1.82, 2.24) is 4.90 Å². The first kappa shape index (κ1) is 14.3. The molecule has 0 radical (unpaired) electrons. The molecule has 1 N–H and O–H groups in total. The lowest BCUT2D eigenvalue weighted by Crippen LogP contribution is -2.51. The fraction of sp³-hybridized carbons (Fsp3) is 0.500. The molecule has 104 valence electrons. The van der Waals surface area contributed by atoms with E-state index in [2.05, 4.69) is 6.92 Å². The molecule has 1 fully saturated rings. The predicted octanol–water partition coefficient (Wildman–Crippen LogP) is 2.58. The summed E-state index contributed by atoms with van der Waals surface area (Å²) in [5.74, 6) is -0.833. The number of hydrogen-bond acceptors (Lipinski definition) is 3. The third-order valence-electron chi connectivity index (χ3n) is 3.48. The number of aliphatic carboxylic acids is 1. The van der Waals surface area contributed by atoms with Gasteiger partial charge in [0.15, 0.2) is 0 Å². The molecule has 2 unspecified atom stereocenters. The Balaban J connectivity index is 2.26. The van der Waals surface area contributed by atoms with Gasteiger partial charge >= 0.3 is 5.97 Å². The molecule has 1 saturated heterocycles. The highest BCUT2D eigenvalue weighted by molar-refractivity contribution is 6.30. The number of carboxylic acids is 1. The number of rotatable bonds is 4. The van der Waals surface area contributed by atoms with Crippen LogP contribution < -0.4 is 0 Å². The van der Waals surface area contributed by atoms with E-state index >= 15 is 0 Å². The average Bonchev–Trinajstić information content (AvgIpc) is 2.40. The van der Waals surface area contributed by atoms with Crippen molar-refractivity contribution in [2.24, 2.45) is 0 Å². The van der Waals surface area contributed by atoms with Gasteiger partial charge in [-0.05, 0) is 24.1 Å². The number of morpholine rings is 1. The molecule has 4 nitrogen and oxygen atoms in total. The Morgan fingerprint density at radius 3 is 3.05 bits per heavy atom. The van der Waals surface area contributed by atoms with E-state index in [1.54, 1.807) is 0 Å². The van der Waals surface area contributed by atoms with Gasteiger partial charge in [-0.2, -0.15) is 0 Å². The van der Waals surface area contributed by atoms with Gasteiger partial charge in [0.05, 0.1) is 13.2 Å². The lowest BCUT2D eigenvalue weighted by molar-refractivity contribution is -0.151. The number of benzene rings is 1. The van der Waals surface area contributed by atoms with Crippen LogP contribution in [0.2, 0.25) is 5.02 Å². The van der Waals surface area contributed by atoms with Crippen LogP contribution in [0.5, 0.6) is 0 Å². The second-order valence-electron chi connectivity index (χ2n) is 4.65. The molecular weight excluding hydrogens is 266 g/mol. The van der Waals surface area contributed by atoms with Crippen molar-refractivity contribution < 1.29 is 14.6 Å². The maximum Gasteiger partial charge on any atom is 0.323 e. The maximum absolute atomic E-state index is 11.3. The van der Waals surface area contributed by atoms with E-state index in [0.717, 1.165) is 12.0 Å². The smallest absolute Gasteiger partial charge is 0.323 e. The molecule has 0 aliphatic carbocycles. The molecule has 0 bridgehead atoms. The summed E-state index contributed by atoms with van der Waals surface area (Å²) in [6, 6.07) is 7.10. The summed E-state index contributed by atoms with van der Waals surface area (Å²) in [7, 11) is 0. The van der Waals surface area contributed by atoms with Crippen LogP contribution in [-0.4, -0.2) is 41.8 Å². The number of carbonyl (C=O) groups is 1. The zero-order chi connectivity index (χ0) is 13.8. The minimum Gasteiger partial charge on any atom is -0.480 e. The van der Waals surface area contributed by atoms with Gasteiger partial charge in [0, 0.05) is 17.6 Å². The van der Waals surface area contributed by atoms with E-state index in [-0.39, 0.29) is 12.6 Å². The lowest BCUT2D eigenvalue weighted by Gasteiger charge is -2.38. The average molecular weight is 284 g/mol. The Morgan fingerprint density at radius 2 is 2.42 bits per heavy atom. The minimum atomic E-state index is -0.833. The second-order valence-corrected chi connectivity index (χ2v) is 5.08. The Hall–Kier alpha value is -1.10. The van der Waals surface area contributed by atoms with E-state index in [1.807, 2.05) is 29.2 Å². The van der Waals surface area contributed by atoms with Gasteiger partial charge in [0.2, 0.25) is 0 Å². The Kier molecular flexibility index (Phi) is 4.80. The Labute approximate surface area is 117 Å². The number of nitrogens with zero attached hydrogens (tertiary/aromatic N) is 1. The van der Waals surface area contributed by atoms with E-state index in [4.69, 9.17) is 16.3 Å². The summed E-state index contributed by atoms with van der Waals surface area (Å²) in [4.78, 5) is 13.3. The van der Waals surface area contributed by atoms with Crippen molar-refractivity contribution in [3.05, 3.63) is 34.9 Å². The van der Waals surface area contributed by atoms with Crippen LogP contribution >= 0.6 is 11.6 Å². The van der Waals surface area contributed by atoms with E-state index < -0.39 is 12.0 Å². The first-order valence-electron chi connectivity index (χ1n) is 6.45. The van der Waals surface area contributed by atoms with Crippen LogP contribution in [0.4, 0.5) is 0 Å². The van der Waals surface area contributed by atoms with Crippen molar-refractivity contribution in [1.29, 1.82) is 0 Å². The van der Waals surface area contributed by atoms with E-state index in [0.29, 0.717) is 18.2 Å². The third-order valence-corrected chi connectivity index (χ3v) is 3.71. The van der Waals surface area contributed by atoms with Crippen molar-refractivity contribution in [3.8, 4) is 0 Å². The molecule has 2 rings (SSSR count). The van der Waals surface area contributed by atoms with Gasteiger partial charge in [0.1, 0.15) is 6.04 Å². The fourth-order valence-corrected chi connectivity index (χ4v) is 2.78. The zero-order valence-corrected chi connectivity index (χ0v) is 11.6. The van der Waals surface area contributed by atoms with Gasteiger partial charge in [0.25, 0.3) is 0 Å². The normalized spacial score (nSPS) is 22.1. The zero-order valence-electron chi connectivity index (χ0n) is 10.9. The van der Waals surface area contributed by atoms with Crippen molar-refractivity contribution in [3.63, 3.8) is 0 Å².